The van der Waals surface area contributed by atoms with Crippen LogP contribution >= 0.6 is 0 Å². The second-order valence-corrected chi connectivity index (χ2v) is 6.18. The summed E-state index contributed by atoms with van der Waals surface area (Å²) in [6.45, 7) is 4.05. The number of allylic oxidation sites excluding steroid dienone is 2. The Labute approximate surface area is 120 Å². The molecule has 0 saturated heterocycles. The van der Waals surface area contributed by atoms with Gasteiger partial charge < -0.3 is 0 Å². The highest BCUT2D eigenvalue weighted by atomic mass is 16.1. The van der Waals surface area contributed by atoms with Crippen LogP contribution in [0.1, 0.15) is 44.3 Å². The monoisotopic (exact) mass is 270 g/mol. The highest BCUT2D eigenvalue weighted by molar-refractivity contribution is 5.90. The van der Waals surface area contributed by atoms with E-state index in [1.807, 2.05) is 44.3 Å². The molecule has 1 aromatic rings. The molecule has 0 bridgehead atoms. The zero-order valence-corrected chi connectivity index (χ0v) is 12.2. The Hall–Kier alpha value is -1.64. The topological polar surface area (TPSA) is 34.4 Å². The van der Waals surface area contributed by atoms with Crippen molar-refractivity contribution in [2.24, 2.45) is 16.8 Å². The maximum atomic E-state index is 12.5. The van der Waals surface area contributed by atoms with E-state index in [4.69, 9.17) is 0 Å². The first-order chi connectivity index (χ1) is 9.65. The Kier molecular flexibility index (Phi) is 3.60. The Morgan fingerprint density at radius 1 is 1.25 bits per heavy atom. The fourth-order valence-corrected chi connectivity index (χ4v) is 2.60. The average molecular weight is 270 g/mol. The second-order valence-electron chi connectivity index (χ2n) is 6.18. The van der Waals surface area contributed by atoms with Crippen molar-refractivity contribution in [2.45, 2.75) is 45.6 Å². The van der Waals surface area contributed by atoms with Crippen LogP contribution in [0.4, 0.5) is 0 Å². The largest absolute Gasteiger partial charge is 0.269 e. The number of carbonyl (C=O) groups is 1. The summed E-state index contributed by atoms with van der Waals surface area (Å²) in [7, 11) is 0. The van der Waals surface area contributed by atoms with Gasteiger partial charge in [0.05, 0.1) is 0 Å². The van der Waals surface area contributed by atoms with Gasteiger partial charge in [-0.25, -0.2) is 0 Å². The molecule has 0 N–H and O–H groups in total. The maximum absolute atomic E-state index is 12.5. The number of carbonyl (C=O) groups excluding carboxylic acids is 1. The normalized spacial score (nSPS) is 19.2. The van der Waals surface area contributed by atoms with Crippen molar-refractivity contribution < 1.29 is 4.79 Å². The minimum absolute atomic E-state index is 0.0544. The molecule has 0 atom stereocenters. The van der Waals surface area contributed by atoms with Crippen LogP contribution in [-0.2, 0) is 0 Å². The van der Waals surface area contributed by atoms with Crippen molar-refractivity contribution in [3.63, 3.8) is 0 Å². The molecule has 2 saturated carbocycles. The molecule has 0 spiro atoms. The second kappa shape index (κ2) is 5.39. The number of hydrogen-bond acceptors (Lipinski definition) is 2. The van der Waals surface area contributed by atoms with E-state index in [9.17, 15) is 4.79 Å². The van der Waals surface area contributed by atoms with Crippen LogP contribution in [0, 0.1) is 11.8 Å². The molecule has 2 aliphatic rings. The Morgan fingerprint density at radius 2 is 1.90 bits per heavy atom. The van der Waals surface area contributed by atoms with Gasteiger partial charge in [-0.3, -0.25) is 14.4 Å². The van der Waals surface area contributed by atoms with E-state index in [0.29, 0.717) is 11.8 Å². The van der Waals surface area contributed by atoms with Gasteiger partial charge in [0.1, 0.15) is 5.49 Å². The summed E-state index contributed by atoms with van der Waals surface area (Å²) in [6.07, 6.45) is 8.75. The molecule has 0 radical (unpaired) electrons. The van der Waals surface area contributed by atoms with Gasteiger partial charge in [-0.05, 0) is 63.5 Å². The Morgan fingerprint density at radius 3 is 2.45 bits per heavy atom. The van der Waals surface area contributed by atoms with Gasteiger partial charge in [-0.2, -0.15) is 0 Å². The van der Waals surface area contributed by atoms with Crippen LogP contribution in [-0.4, -0.2) is 16.5 Å². The molecule has 1 aromatic heterocycles. The SMILES string of the molecule is CC(C)N=c1ccccn1C(=O)C=C(C1CC1)C1CC1. The Balaban J connectivity index is 1.92. The van der Waals surface area contributed by atoms with Crippen molar-refractivity contribution in [1.82, 2.24) is 4.57 Å². The van der Waals surface area contributed by atoms with Gasteiger partial charge in [0.25, 0.3) is 5.91 Å². The predicted octanol–water partition coefficient (Wildman–Crippen LogP) is 3.18. The third-order valence-corrected chi connectivity index (χ3v) is 3.85. The lowest BCUT2D eigenvalue weighted by molar-refractivity contribution is 0.0962. The van der Waals surface area contributed by atoms with Gasteiger partial charge in [-0.1, -0.05) is 11.6 Å². The highest BCUT2D eigenvalue weighted by Gasteiger charge is 2.36. The van der Waals surface area contributed by atoms with E-state index in [2.05, 4.69) is 4.99 Å². The smallest absolute Gasteiger partial charge is 0.256 e. The summed E-state index contributed by atoms with van der Waals surface area (Å²) in [6, 6.07) is 5.91. The molecule has 3 rings (SSSR count). The first-order valence-corrected chi connectivity index (χ1v) is 7.62. The van der Waals surface area contributed by atoms with E-state index in [1.54, 1.807) is 4.57 Å². The molecule has 1 heterocycles. The lowest BCUT2D eigenvalue weighted by Gasteiger charge is -2.07. The van der Waals surface area contributed by atoms with Gasteiger partial charge in [0.15, 0.2) is 0 Å². The molecule has 0 aliphatic heterocycles. The van der Waals surface area contributed by atoms with Gasteiger partial charge in [0.2, 0.25) is 0 Å². The minimum atomic E-state index is 0.0544. The molecule has 0 unspecified atom stereocenters. The summed E-state index contributed by atoms with van der Waals surface area (Å²) >= 11 is 0. The highest BCUT2D eigenvalue weighted by Crippen LogP contribution is 2.48. The molecule has 3 heteroatoms. The maximum Gasteiger partial charge on any atom is 0.256 e. The zero-order valence-electron chi connectivity index (χ0n) is 12.2. The first kappa shape index (κ1) is 13.3. The quantitative estimate of drug-likeness (QED) is 0.774. The molecular formula is C17H22N2O. The van der Waals surface area contributed by atoms with E-state index >= 15 is 0 Å². The van der Waals surface area contributed by atoms with Crippen molar-refractivity contribution in [2.75, 3.05) is 0 Å². The summed E-state index contributed by atoms with van der Waals surface area (Å²) < 4.78 is 1.67. The van der Waals surface area contributed by atoms with E-state index < -0.39 is 0 Å². The lowest BCUT2D eigenvalue weighted by atomic mass is 10.1. The van der Waals surface area contributed by atoms with Crippen molar-refractivity contribution in [3.8, 4) is 0 Å². The fraction of sp³-hybridized carbons (Fsp3) is 0.529. The summed E-state index contributed by atoms with van der Waals surface area (Å²) in [5, 5.41) is 0. The number of nitrogens with zero attached hydrogens (tertiary/aromatic N) is 2. The number of aromatic nitrogens is 1. The van der Waals surface area contributed by atoms with Crippen LogP contribution in [0.15, 0.2) is 41.0 Å². The number of rotatable bonds is 4. The Bertz CT molecular complexity index is 587. The molecule has 0 aromatic carbocycles. The molecule has 2 aliphatic carbocycles. The molecule has 2 fully saturated rings. The molecule has 20 heavy (non-hydrogen) atoms. The minimum Gasteiger partial charge on any atom is -0.269 e. The van der Waals surface area contributed by atoms with Gasteiger partial charge >= 0.3 is 0 Å². The van der Waals surface area contributed by atoms with Crippen molar-refractivity contribution in [3.05, 3.63) is 41.5 Å². The van der Waals surface area contributed by atoms with Crippen LogP contribution < -0.4 is 5.49 Å². The zero-order chi connectivity index (χ0) is 14.1. The summed E-state index contributed by atoms with van der Waals surface area (Å²) in [5.74, 6) is 1.42. The van der Waals surface area contributed by atoms with Crippen LogP contribution in [0.2, 0.25) is 0 Å². The van der Waals surface area contributed by atoms with Crippen LogP contribution in [0.3, 0.4) is 0 Å². The lowest BCUT2D eigenvalue weighted by Crippen LogP contribution is -2.26. The van der Waals surface area contributed by atoms with E-state index in [0.717, 1.165) is 5.49 Å². The predicted molar refractivity (Wildman–Crippen MR) is 79.3 cm³/mol. The van der Waals surface area contributed by atoms with Crippen LogP contribution in [0.5, 0.6) is 0 Å². The summed E-state index contributed by atoms with van der Waals surface area (Å²) in [5.41, 5.74) is 2.14. The number of pyridine rings is 1. The molecular weight excluding hydrogens is 248 g/mol. The van der Waals surface area contributed by atoms with E-state index in [1.165, 1.54) is 31.3 Å². The summed E-state index contributed by atoms with van der Waals surface area (Å²) in [4.78, 5) is 17.1. The molecule has 3 nitrogen and oxygen atoms in total. The molecule has 106 valence electrons. The number of hydrogen-bond donors (Lipinski definition) is 0. The third kappa shape index (κ3) is 3.09. The molecule has 0 amide bonds. The van der Waals surface area contributed by atoms with Gasteiger partial charge in [-0.15, -0.1) is 0 Å². The van der Waals surface area contributed by atoms with E-state index in [-0.39, 0.29) is 11.9 Å². The fourth-order valence-electron chi connectivity index (χ4n) is 2.60. The van der Waals surface area contributed by atoms with Gasteiger partial charge in [0, 0.05) is 18.3 Å². The third-order valence-electron chi connectivity index (χ3n) is 3.85. The van der Waals surface area contributed by atoms with Crippen molar-refractivity contribution >= 4 is 5.91 Å². The van der Waals surface area contributed by atoms with Crippen molar-refractivity contribution in [1.29, 1.82) is 0 Å². The average Bonchev–Trinajstić information content (AvgIpc) is 3.28. The standard InChI is InChI=1S/C17H22N2O/c1-12(2)18-16-5-3-4-10-19(16)17(20)11-15(13-6-7-13)14-8-9-14/h3-5,10-14H,6-9H2,1-2H3. The first-order valence-electron chi connectivity index (χ1n) is 7.62. The van der Waals surface area contributed by atoms with Crippen LogP contribution in [0.25, 0.3) is 0 Å².